The highest BCUT2D eigenvalue weighted by Crippen LogP contribution is 2.27. The van der Waals surface area contributed by atoms with Crippen LogP contribution < -0.4 is 5.32 Å². The van der Waals surface area contributed by atoms with E-state index < -0.39 is 0 Å². The number of fused-ring (bicyclic) bond motifs is 1. The van der Waals surface area contributed by atoms with Crippen molar-refractivity contribution >= 4 is 5.69 Å². The lowest BCUT2D eigenvalue weighted by Gasteiger charge is -2.06. The Kier molecular flexibility index (Phi) is 4.51. The van der Waals surface area contributed by atoms with Gasteiger partial charge in [0.1, 0.15) is 0 Å². The molecule has 14 heavy (non-hydrogen) atoms. The van der Waals surface area contributed by atoms with E-state index in [1.165, 1.54) is 42.5 Å². The summed E-state index contributed by atoms with van der Waals surface area (Å²) in [5.41, 5.74) is 4.40. The third-order valence-electron chi connectivity index (χ3n) is 2.42. The number of aryl methyl sites for hydroxylation is 1. The lowest BCUT2D eigenvalue weighted by atomic mass is 10.1. The van der Waals surface area contributed by atoms with Crippen molar-refractivity contribution in [3.63, 3.8) is 0 Å². The van der Waals surface area contributed by atoms with Crippen LogP contribution in [0.3, 0.4) is 0 Å². The van der Waals surface area contributed by atoms with Gasteiger partial charge in [-0.1, -0.05) is 32.4 Å². The van der Waals surface area contributed by atoms with Crippen molar-refractivity contribution < 1.29 is 0 Å². The molecular formula is C13H21N. The van der Waals surface area contributed by atoms with E-state index >= 15 is 0 Å². The lowest BCUT2D eigenvalue weighted by Crippen LogP contribution is -1.93. The van der Waals surface area contributed by atoms with E-state index in [0.717, 1.165) is 0 Å². The van der Waals surface area contributed by atoms with Crippen LogP contribution in [0.2, 0.25) is 0 Å². The molecule has 0 radical (unpaired) electrons. The molecule has 0 saturated heterocycles. The van der Waals surface area contributed by atoms with E-state index in [1.807, 2.05) is 7.05 Å². The van der Waals surface area contributed by atoms with E-state index in [1.54, 1.807) is 0 Å². The third-order valence-corrected chi connectivity index (χ3v) is 2.42. The van der Waals surface area contributed by atoms with Gasteiger partial charge in [-0.25, -0.2) is 0 Å². The molecule has 0 fully saturated rings. The van der Waals surface area contributed by atoms with E-state index in [2.05, 4.69) is 37.4 Å². The minimum absolute atomic E-state index is 1.25. The fourth-order valence-electron chi connectivity index (χ4n) is 1.85. The SMILES string of the molecule is CCC.CNc1cccc2c1CCC2. The van der Waals surface area contributed by atoms with Crippen LogP contribution in [0.15, 0.2) is 18.2 Å². The molecule has 1 aromatic rings. The minimum Gasteiger partial charge on any atom is -0.388 e. The van der Waals surface area contributed by atoms with E-state index in [9.17, 15) is 0 Å². The predicted octanol–water partition coefficient (Wildman–Crippen LogP) is 3.63. The second kappa shape index (κ2) is 5.69. The van der Waals surface area contributed by atoms with Gasteiger partial charge in [0.25, 0.3) is 0 Å². The van der Waals surface area contributed by atoms with Gasteiger partial charge in [-0.15, -0.1) is 0 Å². The minimum atomic E-state index is 1.25. The summed E-state index contributed by atoms with van der Waals surface area (Å²) >= 11 is 0. The summed E-state index contributed by atoms with van der Waals surface area (Å²) in [4.78, 5) is 0. The normalized spacial score (nSPS) is 12.8. The molecule has 2 rings (SSSR count). The molecule has 0 saturated carbocycles. The van der Waals surface area contributed by atoms with Crippen LogP contribution in [0.25, 0.3) is 0 Å². The largest absolute Gasteiger partial charge is 0.388 e. The summed E-state index contributed by atoms with van der Waals surface area (Å²) in [7, 11) is 1.99. The molecule has 0 spiro atoms. The number of benzene rings is 1. The smallest absolute Gasteiger partial charge is 0.0372 e. The van der Waals surface area contributed by atoms with Gasteiger partial charge < -0.3 is 5.32 Å². The molecule has 0 aromatic heterocycles. The lowest BCUT2D eigenvalue weighted by molar-refractivity contribution is 0.912. The molecule has 0 aliphatic heterocycles. The third kappa shape index (κ3) is 2.50. The molecule has 0 amide bonds. The van der Waals surface area contributed by atoms with Crippen molar-refractivity contribution in [3.8, 4) is 0 Å². The molecule has 1 nitrogen and oxygen atoms in total. The van der Waals surface area contributed by atoms with Crippen molar-refractivity contribution in [2.24, 2.45) is 0 Å². The molecule has 0 atom stereocenters. The monoisotopic (exact) mass is 191 g/mol. The second-order valence-electron chi connectivity index (χ2n) is 3.75. The molecule has 1 aliphatic rings. The zero-order valence-electron chi connectivity index (χ0n) is 9.56. The van der Waals surface area contributed by atoms with Crippen LogP contribution >= 0.6 is 0 Å². The Labute approximate surface area is 87.5 Å². The summed E-state index contributed by atoms with van der Waals surface area (Å²) in [5, 5.41) is 3.23. The maximum atomic E-state index is 3.23. The van der Waals surface area contributed by atoms with Gasteiger partial charge in [0.15, 0.2) is 0 Å². The van der Waals surface area contributed by atoms with Crippen LogP contribution in [0.4, 0.5) is 5.69 Å². The molecule has 0 unspecified atom stereocenters. The van der Waals surface area contributed by atoms with Crippen molar-refractivity contribution in [3.05, 3.63) is 29.3 Å². The molecular weight excluding hydrogens is 170 g/mol. The van der Waals surface area contributed by atoms with Crippen molar-refractivity contribution in [2.45, 2.75) is 39.5 Å². The Balaban J connectivity index is 0.000000293. The first-order valence-corrected chi connectivity index (χ1v) is 5.62. The van der Waals surface area contributed by atoms with E-state index in [-0.39, 0.29) is 0 Å². The standard InChI is InChI=1S/C10H13N.C3H8/c1-11-10-7-3-5-8-4-2-6-9(8)10;1-3-2/h3,5,7,11H,2,4,6H2,1H3;3H2,1-2H3. The fourth-order valence-corrected chi connectivity index (χ4v) is 1.85. The summed E-state index contributed by atoms with van der Waals surface area (Å²) < 4.78 is 0. The van der Waals surface area contributed by atoms with Crippen molar-refractivity contribution in [1.82, 2.24) is 0 Å². The van der Waals surface area contributed by atoms with Gasteiger partial charge in [0, 0.05) is 12.7 Å². The zero-order valence-corrected chi connectivity index (χ0v) is 9.56. The van der Waals surface area contributed by atoms with Gasteiger partial charge >= 0.3 is 0 Å². The van der Waals surface area contributed by atoms with Crippen molar-refractivity contribution in [2.75, 3.05) is 12.4 Å². The molecule has 1 aliphatic carbocycles. The average Bonchev–Trinajstić information content (AvgIpc) is 2.66. The van der Waals surface area contributed by atoms with E-state index in [4.69, 9.17) is 0 Å². The second-order valence-corrected chi connectivity index (χ2v) is 3.75. The fraction of sp³-hybridized carbons (Fsp3) is 0.538. The van der Waals surface area contributed by atoms with Gasteiger partial charge in [-0.3, -0.25) is 0 Å². The average molecular weight is 191 g/mol. The molecule has 0 bridgehead atoms. The quantitative estimate of drug-likeness (QED) is 0.714. The Morgan fingerprint density at radius 1 is 1.21 bits per heavy atom. The van der Waals surface area contributed by atoms with Gasteiger partial charge in [0.05, 0.1) is 0 Å². The number of anilines is 1. The summed E-state index contributed by atoms with van der Waals surface area (Å²) in [6.07, 6.45) is 5.10. The summed E-state index contributed by atoms with van der Waals surface area (Å²) in [5.74, 6) is 0. The molecule has 1 N–H and O–H groups in total. The Morgan fingerprint density at radius 2 is 1.93 bits per heavy atom. The maximum absolute atomic E-state index is 3.23. The first kappa shape index (κ1) is 11.1. The Hall–Kier alpha value is -0.980. The Bertz CT molecular complexity index is 279. The first-order chi connectivity index (χ1) is 6.83. The van der Waals surface area contributed by atoms with Crippen LogP contribution in [-0.4, -0.2) is 7.05 Å². The maximum Gasteiger partial charge on any atom is 0.0372 e. The van der Waals surface area contributed by atoms with Crippen LogP contribution in [0.5, 0.6) is 0 Å². The number of hydrogen-bond acceptors (Lipinski definition) is 1. The highest BCUT2D eigenvalue weighted by atomic mass is 14.8. The zero-order chi connectivity index (χ0) is 10.4. The highest BCUT2D eigenvalue weighted by Gasteiger charge is 2.12. The van der Waals surface area contributed by atoms with E-state index in [0.29, 0.717) is 0 Å². The molecule has 1 aromatic carbocycles. The molecule has 0 heterocycles. The van der Waals surface area contributed by atoms with Crippen LogP contribution in [0.1, 0.15) is 37.8 Å². The Morgan fingerprint density at radius 3 is 2.57 bits per heavy atom. The number of hydrogen-bond donors (Lipinski definition) is 1. The summed E-state index contributed by atoms with van der Waals surface area (Å²) in [6, 6.07) is 6.53. The van der Waals surface area contributed by atoms with Crippen LogP contribution in [-0.2, 0) is 12.8 Å². The number of rotatable bonds is 1. The van der Waals surface area contributed by atoms with Crippen molar-refractivity contribution in [1.29, 1.82) is 0 Å². The predicted molar refractivity (Wildman–Crippen MR) is 64.0 cm³/mol. The van der Waals surface area contributed by atoms with Gasteiger partial charge in [-0.2, -0.15) is 0 Å². The summed E-state index contributed by atoms with van der Waals surface area (Å²) in [6.45, 7) is 4.25. The van der Waals surface area contributed by atoms with Crippen LogP contribution in [0, 0.1) is 0 Å². The van der Waals surface area contributed by atoms with Gasteiger partial charge in [0.2, 0.25) is 0 Å². The highest BCUT2D eigenvalue weighted by molar-refractivity contribution is 5.55. The molecule has 1 heteroatoms. The topological polar surface area (TPSA) is 12.0 Å². The van der Waals surface area contributed by atoms with Gasteiger partial charge in [-0.05, 0) is 36.5 Å². The first-order valence-electron chi connectivity index (χ1n) is 5.62. The molecule has 78 valence electrons. The number of nitrogens with one attached hydrogen (secondary N) is 1.